The minimum Gasteiger partial charge on any atom is -0.373 e. The summed E-state index contributed by atoms with van der Waals surface area (Å²) >= 11 is 0. The lowest BCUT2D eigenvalue weighted by molar-refractivity contribution is 0.588. The third kappa shape index (κ3) is 3.46. The number of fused-ring (bicyclic) bond motifs is 1. The van der Waals surface area contributed by atoms with Gasteiger partial charge in [-0.3, -0.25) is 4.98 Å². The van der Waals surface area contributed by atoms with Crippen LogP contribution in [-0.4, -0.2) is 39.8 Å². The average Bonchev–Trinajstić information content (AvgIpc) is 2.37. The summed E-state index contributed by atoms with van der Waals surface area (Å²) in [4.78, 5) is 6.43. The Morgan fingerprint density at radius 3 is 2.75 bits per heavy atom. The molecule has 1 aromatic carbocycles. The van der Waals surface area contributed by atoms with Crippen molar-refractivity contribution in [1.29, 1.82) is 0 Å². The molecule has 1 heterocycles. The van der Waals surface area contributed by atoms with Crippen molar-refractivity contribution in [2.75, 3.05) is 31.3 Å². The van der Waals surface area contributed by atoms with E-state index in [1.54, 1.807) is 6.20 Å². The Bertz CT molecular complexity index is 713. The smallest absolute Gasteiger partial charge is 0.208 e. The Kier molecular flexibility index (Phi) is 4.25. The fraction of sp³-hybridized carbons (Fsp3) is 0.357. The monoisotopic (exact) mass is 293 g/mol. The van der Waals surface area contributed by atoms with Crippen LogP contribution in [0, 0.1) is 6.92 Å². The molecule has 0 spiro atoms. The number of likely N-dealkylation sites (N-methyl/N-ethyl adjacent to an activating group) is 1. The van der Waals surface area contributed by atoms with Crippen molar-refractivity contribution >= 4 is 26.6 Å². The van der Waals surface area contributed by atoms with Gasteiger partial charge in [0.05, 0.1) is 11.8 Å². The second-order valence-electron chi connectivity index (χ2n) is 4.89. The maximum absolute atomic E-state index is 11.1. The summed E-state index contributed by atoms with van der Waals surface area (Å²) in [5.41, 5.74) is 3.16. The van der Waals surface area contributed by atoms with Crippen molar-refractivity contribution in [2.24, 2.45) is 0 Å². The molecule has 2 rings (SSSR count). The minimum atomic E-state index is -3.14. The maximum Gasteiger partial charge on any atom is 0.208 e. The molecule has 0 aliphatic carbocycles. The van der Waals surface area contributed by atoms with E-state index in [2.05, 4.69) is 9.71 Å². The highest BCUT2D eigenvalue weighted by molar-refractivity contribution is 7.88. The van der Waals surface area contributed by atoms with Crippen molar-refractivity contribution < 1.29 is 8.42 Å². The molecule has 5 nitrogen and oxygen atoms in total. The molecular weight excluding hydrogens is 274 g/mol. The minimum absolute atomic E-state index is 0.380. The van der Waals surface area contributed by atoms with E-state index in [4.69, 9.17) is 0 Å². The number of anilines is 1. The van der Waals surface area contributed by atoms with Crippen molar-refractivity contribution in [3.63, 3.8) is 0 Å². The molecule has 108 valence electrons. The molecule has 0 atom stereocenters. The number of hydrogen-bond donors (Lipinski definition) is 1. The van der Waals surface area contributed by atoms with Crippen LogP contribution in [0.2, 0.25) is 0 Å². The van der Waals surface area contributed by atoms with Crippen LogP contribution in [0.3, 0.4) is 0 Å². The van der Waals surface area contributed by atoms with Gasteiger partial charge < -0.3 is 4.90 Å². The number of aryl methyl sites for hydroxylation is 1. The number of hydrogen-bond acceptors (Lipinski definition) is 4. The number of nitrogens with zero attached hydrogens (tertiary/aromatic N) is 2. The van der Waals surface area contributed by atoms with Crippen molar-refractivity contribution in [3.05, 3.63) is 36.0 Å². The molecule has 0 bridgehead atoms. The Morgan fingerprint density at radius 1 is 1.30 bits per heavy atom. The predicted octanol–water partition coefficient (Wildman–Crippen LogP) is 1.53. The van der Waals surface area contributed by atoms with Gasteiger partial charge in [-0.2, -0.15) is 0 Å². The summed E-state index contributed by atoms with van der Waals surface area (Å²) in [5.74, 6) is 0. The highest BCUT2D eigenvalue weighted by Gasteiger charge is 2.08. The number of nitrogens with one attached hydrogen (secondary N) is 1. The van der Waals surface area contributed by atoms with Gasteiger partial charge in [-0.05, 0) is 18.6 Å². The summed E-state index contributed by atoms with van der Waals surface area (Å²) in [6.45, 7) is 3.01. The summed E-state index contributed by atoms with van der Waals surface area (Å²) in [6, 6.07) is 8.02. The second kappa shape index (κ2) is 5.76. The molecule has 0 fully saturated rings. The number of rotatable bonds is 5. The molecule has 1 aromatic heterocycles. The Morgan fingerprint density at radius 2 is 2.05 bits per heavy atom. The van der Waals surface area contributed by atoms with Gasteiger partial charge in [0.15, 0.2) is 0 Å². The van der Waals surface area contributed by atoms with Crippen LogP contribution in [0.4, 0.5) is 5.69 Å². The SMILES string of the molecule is Cc1cccc2c(N(C)CCNS(C)(=O)=O)ccnc12. The zero-order chi connectivity index (χ0) is 14.8. The van der Waals surface area contributed by atoms with Gasteiger partial charge >= 0.3 is 0 Å². The van der Waals surface area contributed by atoms with E-state index in [1.807, 2.05) is 43.1 Å². The van der Waals surface area contributed by atoms with Crippen LogP contribution in [0.1, 0.15) is 5.56 Å². The van der Waals surface area contributed by atoms with Crippen molar-refractivity contribution in [3.8, 4) is 0 Å². The highest BCUT2D eigenvalue weighted by Crippen LogP contribution is 2.25. The summed E-state index contributed by atoms with van der Waals surface area (Å²) in [7, 11) is -1.19. The van der Waals surface area contributed by atoms with Gasteiger partial charge in [0.2, 0.25) is 10.0 Å². The van der Waals surface area contributed by atoms with Crippen LogP contribution in [0.15, 0.2) is 30.5 Å². The van der Waals surface area contributed by atoms with Gasteiger partial charge in [-0.25, -0.2) is 13.1 Å². The highest BCUT2D eigenvalue weighted by atomic mass is 32.2. The molecule has 0 saturated heterocycles. The summed E-state index contributed by atoms with van der Waals surface area (Å²) in [6.07, 6.45) is 2.95. The Balaban J connectivity index is 2.22. The molecule has 0 amide bonds. The molecule has 0 unspecified atom stereocenters. The van der Waals surface area contributed by atoms with E-state index in [-0.39, 0.29) is 0 Å². The molecule has 0 aliphatic heterocycles. The van der Waals surface area contributed by atoms with Gasteiger partial charge in [-0.15, -0.1) is 0 Å². The summed E-state index contributed by atoms with van der Waals surface area (Å²) < 4.78 is 24.6. The third-order valence-corrected chi connectivity index (χ3v) is 3.90. The van der Waals surface area contributed by atoms with E-state index in [0.29, 0.717) is 13.1 Å². The number of pyridine rings is 1. The van der Waals surface area contributed by atoms with Crippen LogP contribution in [0.25, 0.3) is 10.9 Å². The number of benzene rings is 1. The predicted molar refractivity (Wildman–Crippen MR) is 82.6 cm³/mol. The summed E-state index contributed by atoms with van der Waals surface area (Å²) in [5, 5.41) is 1.08. The first kappa shape index (κ1) is 14.7. The van der Waals surface area contributed by atoms with Crippen LogP contribution in [0.5, 0.6) is 0 Å². The lowest BCUT2D eigenvalue weighted by atomic mass is 10.1. The van der Waals surface area contributed by atoms with E-state index in [9.17, 15) is 8.42 Å². The maximum atomic E-state index is 11.1. The first-order valence-corrected chi connectivity index (χ1v) is 8.28. The normalized spacial score (nSPS) is 11.8. The molecule has 0 saturated carbocycles. The van der Waals surface area contributed by atoms with Gasteiger partial charge in [-0.1, -0.05) is 18.2 Å². The number of sulfonamides is 1. The molecule has 1 N–H and O–H groups in total. The number of aromatic nitrogens is 1. The molecular formula is C14H19N3O2S. The van der Waals surface area contributed by atoms with Crippen molar-refractivity contribution in [1.82, 2.24) is 9.71 Å². The van der Waals surface area contributed by atoms with Gasteiger partial charge in [0.1, 0.15) is 0 Å². The first-order valence-electron chi connectivity index (χ1n) is 6.38. The average molecular weight is 293 g/mol. The molecule has 0 aliphatic rings. The van der Waals surface area contributed by atoms with Crippen LogP contribution < -0.4 is 9.62 Å². The van der Waals surface area contributed by atoms with Crippen LogP contribution >= 0.6 is 0 Å². The standard InChI is InChI=1S/C14H19N3O2S/c1-11-5-4-6-12-13(7-8-15-14(11)12)17(2)10-9-16-20(3,18)19/h4-8,16H,9-10H2,1-3H3. The largest absolute Gasteiger partial charge is 0.373 e. The van der Waals surface area contributed by atoms with Crippen LogP contribution in [-0.2, 0) is 10.0 Å². The number of para-hydroxylation sites is 1. The lowest BCUT2D eigenvalue weighted by Crippen LogP contribution is -2.32. The third-order valence-electron chi connectivity index (χ3n) is 3.17. The van der Waals surface area contributed by atoms with Gasteiger partial charge in [0, 0.05) is 37.4 Å². The Hall–Kier alpha value is -1.66. The van der Waals surface area contributed by atoms with E-state index < -0.39 is 10.0 Å². The molecule has 2 aromatic rings. The van der Waals surface area contributed by atoms with E-state index in [1.165, 1.54) is 0 Å². The fourth-order valence-corrected chi connectivity index (χ4v) is 2.62. The fourth-order valence-electron chi connectivity index (χ4n) is 2.16. The first-order chi connectivity index (χ1) is 9.38. The lowest BCUT2D eigenvalue weighted by Gasteiger charge is -2.21. The van der Waals surface area contributed by atoms with Crippen molar-refractivity contribution in [2.45, 2.75) is 6.92 Å². The van der Waals surface area contributed by atoms with Gasteiger partial charge in [0.25, 0.3) is 0 Å². The zero-order valence-corrected chi connectivity index (χ0v) is 12.7. The molecule has 6 heteroatoms. The quantitative estimate of drug-likeness (QED) is 0.908. The Labute approximate surface area is 119 Å². The van der Waals surface area contributed by atoms with E-state index in [0.717, 1.165) is 28.4 Å². The topological polar surface area (TPSA) is 62.3 Å². The molecule has 0 radical (unpaired) electrons. The second-order valence-corrected chi connectivity index (χ2v) is 6.72. The molecule has 20 heavy (non-hydrogen) atoms. The van der Waals surface area contributed by atoms with E-state index >= 15 is 0 Å². The zero-order valence-electron chi connectivity index (χ0n) is 11.9.